The molecule has 14 heterocycles. The maximum atomic E-state index is 14.6. The number of alkyl halides is 6. The minimum Gasteiger partial charge on any atom is -0.461 e. The molecule has 8 fully saturated rings. The average molecular weight is 1920 g/mol. The molecule has 0 bridgehead atoms. The van der Waals surface area contributed by atoms with Gasteiger partial charge in [0.15, 0.2) is 17.5 Å². The number of nitrogens with zero attached hydrogens (tertiary/aromatic N) is 21. The smallest absolute Gasteiger partial charge is 0.421 e. The number of carbonyl (C=O) groups is 3. The lowest BCUT2D eigenvalue weighted by Crippen LogP contribution is -2.57. The highest BCUT2D eigenvalue weighted by Crippen LogP contribution is 2.48. The second-order valence-corrected chi connectivity index (χ2v) is 37.3. The van der Waals surface area contributed by atoms with Crippen molar-refractivity contribution in [1.29, 1.82) is 0 Å². The van der Waals surface area contributed by atoms with Crippen LogP contribution in [0.15, 0.2) is 104 Å². The highest BCUT2D eigenvalue weighted by molar-refractivity contribution is 6.37. The summed E-state index contributed by atoms with van der Waals surface area (Å²) in [7, 11) is 2.09. The summed E-state index contributed by atoms with van der Waals surface area (Å²) in [5, 5.41) is 1.22. The van der Waals surface area contributed by atoms with Crippen molar-refractivity contribution >= 4 is 86.2 Å². The lowest BCUT2D eigenvalue weighted by Gasteiger charge is -2.41. The monoisotopic (exact) mass is 1910 g/mol. The van der Waals surface area contributed by atoms with Crippen LogP contribution < -0.4 is 43.6 Å². The van der Waals surface area contributed by atoms with Crippen LogP contribution >= 0.6 is 23.2 Å². The zero-order valence-corrected chi connectivity index (χ0v) is 76.5. The number of piperazine rings is 3. The van der Waals surface area contributed by atoms with Gasteiger partial charge in [0.2, 0.25) is 19.6 Å². The third-order valence-electron chi connectivity index (χ3n) is 28.5. The van der Waals surface area contributed by atoms with Gasteiger partial charge in [-0.15, -0.1) is 0 Å². The Morgan fingerprint density at radius 3 is 1.21 bits per heavy atom. The molecule has 135 heavy (non-hydrogen) atoms. The second kappa shape index (κ2) is 40.0. The van der Waals surface area contributed by atoms with Crippen molar-refractivity contribution in [2.75, 3.05) is 187 Å². The topological polar surface area (TPSA) is 208 Å². The molecule has 0 radical (unpaired) electrons. The van der Waals surface area contributed by atoms with Crippen LogP contribution in [0.4, 0.5) is 82.8 Å². The molecule has 4 aromatic carbocycles. The first-order valence-electron chi connectivity index (χ1n) is 45.4. The number of rotatable bonds is 21. The van der Waals surface area contributed by atoms with Crippen LogP contribution in [0.2, 0.25) is 10.0 Å². The fraction of sp³-hybridized carbons (Fsp3) is 0.516. The van der Waals surface area contributed by atoms with Crippen LogP contribution in [0.1, 0.15) is 116 Å². The standard InChI is InChI=1S/C33H36ClF2N7O2.C31H34ClF4N7O2.C31H34F5N7O2/c1-21(35)31(44)43-16-15-42(18-23(43)17-37-3)30-24-11-14-41(27-8-5-7-22-9-10-25(36)29(34)28(22)27)19-26(24)38-32(39-30)45-20-33(2)12-6-13-40(33)4;1-20(33)28(44)43-15-14-41(17-21(43)16-37-2)27-22-8-13-40(25-7-3-6-23(32)26(25)31(34,35)36)18-24(22)38-29(39-27)45-19-30-9-4-11-42(30)12-5-10-30;1-20(32)28(44)43-15-14-41(17-21(43)16-37-2)27-22-8-13-40(25-7-3-6-23(33)26(25)31(34,35)36)18-24(22)38-29(39-27)45-19-30-9-4-11-42(30)12-5-10-30/h5,7-10,23H,1,6,11-20H2,2,4H3;2*3,6-7,21H,1,4-5,8-19H2/t23-,33?;2*21-/m000/s1. The summed E-state index contributed by atoms with van der Waals surface area (Å²) in [5.74, 6) is -5.75. The normalized spacial score (nSPS) is 21.5. The maximum absolute atomic E-state index is 14.6. The van der Waals surface area contributed by atoms with Crippen molar-refractivity contribution in [3.63, 3.8) is 0 Å². The van der Waals surface area contributed by atoms with Gasteiger partial charge < -0.3 is 72.8 Å². The molecular formula is C95H104Cl2F11N21O6. The third kappa shape index (κ3) is 20.1. The van der Waals surface area contributed by atoms with Gasteiger partial charge in [0.25, 0.3) is 17.7 Å². The fourth-order valence-electron chi connectivity index (χ4n) is 21.5. The van der Waals surface area contributed by atoms with E-state index in [1.165, 1.54) is 56.0 Å². The number of amides is 3. The van der Waals surface area contributed by atoms with Gasteiger partial charge in [-0.25, -0.2) is 41.7 Å². The second-order valence-electron chi connectivity index (χ2n) is 36.5. The van der Waals surface area contributed by atoms with Crippen LogP contribution in [0.5, 0.6) is 18.0 Å². The number of hydrogen-bond acceptors (Lipinski definition) is 21. The quantitative estimate of drug-likeness (QED) is 0.0372. The van der Waals surface area contributed by atoms with Crippen molar-refractivity contribution in [2.45, 2.75) is 157 Å². The predicted molar refractivity (Wildman–Crippen MR) is 488 cm³/mol. The summed E-state index contributed by atoms with van der Waals surface area (Å²) in [4.78, 5) is 99.2. The van der Waals surface area contributed by atoms with Gasteiger partial charge in [-0.1, -0.05) is 73.3 Å². The van der Waals surface area contributed by atoms with Gasteiger partial charge in [-0.05, 0) is 172 Å². The van der Waals surface area contributed by atoms with Gasteiger partial charge >= 0.3 is 30.4 Å². The van der Waals surface area contributed by atoms with E-state index in [9.17, 15) is 62.7 Å². The minimum atomic E-state index is -4.89. The summed E-state index contributed by atoms with van der Waals surface area (Å²) in [6.45, 7) is 43.8. The molecule has 11 aliphatic heterocycles. The van der Waals surface area contributed by atoms with E-state index in [0.29, 0.717) is 105 Å². The van der Waals surface area contributed by atoms with Gasteiger partial charge in [0.1, 0.15) is 72.6 Å². The highest BCUT2D eigenvalue weighted by atomic mass is 35.5. The van der Waals surface area contributed by atoms with Crippen LogP contribution in [-0.4, -0.2) is 270 Å². The number of carbonyl (C=O) groups excluding carboxylic acids is 3. The molecule has 7 aromatic rings. The van der Waals surface area contributed by atoms with Crippen molar-refractivity contribution in [3.8, 4) is 18.0 Å². The molecule has 4 atom stereocenters. The Hall–Kier alpha value is -11.6. The molecule has 18 rings (SSSR count). The summed E-state index contributed by atoms with van der Waals surface area (Å²) < 4.78 is 173. The first-order valence-corrected chi connectivity index (χ1v) is 46.2. The van der Waals surface area contributed by atoms with E-state index in [-0.39, 0.29) is 148 Å². The van der Waals surface area contributed by atoms with Gasteiger partial charge in [-0.3, -0.25) is 29.1 Å². The predicted octanol–water partition coefficient (Wildman–Crippen LogP) is 15.0. The first kappa shape index (κ1) is 96.5. The number of likely N-dealkylation sites (N-methyl/N-ethyl adjacent to an activating group) is 1. The minimum absolute atomic E-state index is 0.0228. The largest absolute Gasteiger partial charge is 0.461 e. The number of aromatic nitrogens is 6. The summed E-state index contributed by atoms with van der Waals surface area (Å²) in [6, 6.07) is 15.1. The fourth-order valence-corrected chi connectivity index (χ4v) is 22.1. The Kier molecular flexibility index (Phi) is 28.6. The molecule has 0 spiro atoms. The Morgan fingerprint density at radius 1 is 0.452 bits per heavy atom. The lowest BCUT2D eigenvalue weighted by atomic mass is 9.95. The van der Waals surface area contributed by atoms with E-state index in [1.54, 1.807) is 11.0 Å². The zero-order valence-electron chi connectivity index (χ0n) is 75.0. The SMILES string of the molecule is [C-]#[N+]C[C@H]1CN(c2nc(OCC3(C)CCCN3C)nc3c2CCN(c2cccc4ccc(F)c(Cl)c24)C3)CCN1C(=O)C(=C)F.[C-]#[N+]C[C@H]1CN(c2nc(OCC34CCCN3CCC4)nc3c2CCN(c2cccc(Cl)c2C(F)(F)F)C3)CCN1C(=O)C(=C)F.[C-]#[N+]C[C@H]1CN(c2nc(OCC34CCCN3CCC4)nc3c2CCN(c2cccc(F)c2C(F)(F)F)C3)CCN1C(=O)C(=C)F. The molecule has 11 aliphatic rings. The van der Waals surface area contributed by atoms with E-state index in [4.69, 9.17) is 82.0 Å². The van der Waals surface area contributed by atoms with Crippen LogP contribution in [0.3, 0.4) is 0 Å². The molecular weight excluding hydrogens is 1810 g/mol. The summed E-state index contributed by atoms with van der Waals surface area (Å²) in [5.41, 5.74) is 2.23. The molecule has 0 saturated carbocycles. The first-order chi connectivity index (χ1) is 64.6. The number of ether oxygens (including phenoxy) is 3. The third-order valence-corrected chi connectivity index (χ3v) is 29.2. The van der Waals surface area contributed by atoms with E-state index in [0.717, 1.165) is 131 Å². The van der Waals surface area contributed by atoms with Gasteiger partial charge in [0.05, 0.1) is 80.3 Å². The van der Waals surface area contributed by atoms with Gasteiger partial charge in [0, 0.05) is 106 Å². The zero-order chi connectivity index (χ0) is 95.7. The Morgan fingerprint density at radius 2 is 0.822 bits per heavy atom. The van der Waals surface area contributed by atoms with Crippen LogP contribution in [0, 0.1) is 31.4 Å². The molecule has 0 N–H and O–H groups in total. The van der Waals surface area contributed by atoms with E-state index in [1.807, 2.05) is 28.0 Å². The van der Waals surface area contributed by atoms with E-state index < -0.39 is 88.4 Å². The maximum Gasteiger partial charge on any atom is 0.421 e. The Bertz CT molecular complexity index is 5620. The van der Waals surface area contributed by atoms with Crippen molar-refractivity contribution in [1.82, 2.24) is 59.3 Å². The molecule has 40 heteroatoms. The van der Waals surface area contributed by atoms with Crippen molar-refractivity contribution < 1.29 is 76.9 Å². The number of hydrogen-bond donors (Lipinski definition) is 0. The van der Waals surface area contributed by atoms with Crippen molar-refractivity contribution in [3.05, 3.63) is 205 Å². The van der Waals surface area contributed by atoms with Gasteiger partial charge in [-0.2, -0.15) is 56.2 Å². The van der Waals surface area contributed by atoms with E-state index in [2.05, 4.69) is 77.7 Å². The lowest BCUT2D eigenvalue weighted by molar-refractivity contribution is -0.139. The summed E-state index contributed by atoms with van der Waals surface area (Å²) >= 11 is 12.5. The number of fused-ring (bicyclic) bond motifs is 6. The Balaban J connectivity index is 0.000000147. The average Bonchev–Trinajstić information content (AvgIpc) is 1.53. The number of benzene rings is 4. The molecule has 1 unspecified atom stereocenters. The molecule has 8 saturated heterocycles. The molecule has 3 aromatic heterocycles. The number of anilines is 6. The molecule has 3 amide bonds. The Labute approximate surface area is 785 Å². The van der Waals surface area contributed by atoms with Crippen LogP contribution in [-0.2, 0) is 65.6 Å². The summed E-state index contributed by atoms with van der Waals surface area (Å²) in [6.07, 6.45) is 2.11. The highest BCUT2D eigenvalue weighted by Gasteiger charge is 2.50. The van der Waals surface area contributed by atoms with E-state index >= 15 is 0 Å². The number of likely N-dealkylation sites (tertiary alicyclic amines) is 1. The molecule has 716 valence electrons. The molecule has 0 aliphatic carbocycles. The van der Waals surface area contributed by atoms with Crippen molar-refractivity contribution in [2.24, 2.45) is 0 Å². The molecule has 27 nitrogen and oxygen atoms in total. The number of halogens is 13. The van der Waals surface area contributed by atoms with Crippen LogP contribution in [0.25, 0.3) is 25.3 Å².